The molecule has 0 atom stereocenters. The van der Waals surface area contributed by atoms with Gasteiger partial charge in [0.2, 0.25) is 0 Å². The van der Waals surface area contributed by atoms with Gasteiger partial charge in [-0.05, 0) is 12.3 Å². The van der Waals surface area contributed by atoms with Gasteiger partial charge in [0, 0.05) is 13.3 Å². The lowest BCUT2D eigenvalue weighted by molar-refractivity contribution is -0.115. The Hall–Kier alpha value is -0.330. The van der Waals surface area contributed by atoms with E-state index < -0.39 is 0 Å². The number of carbonyl (C=O) groups is 1. The molecule has 63 valence electrons. The number of carbonyl (C=O) groups excluding carboxylic acids is 1. The number of ketones is 1. The smallest absolute Gasteiger partial charge is 0.133 e. The van der Waals surface area contributed by atoms with Crippen LogP contribution in [0.5, 0.6) is 0 Å². The van der Waals surface area contributed by atoms with E-state index in [9.17, 15) is 4.79 Å². The molecule has 1 aliphatic rings. The average molecular weight is 153 g/mol. The summed E-state index contributed by atoms with van der Waals surface area (Å²) in [5.74, 6) is 0.935. The Balaban J connectivity index is 2.09. The Labute approximate surface area is 69.2 Å². The summed E-state index contributed by atoms with van der Waals surface area (Å²) >= 11 is 0. The summed E-state index contributed by atoms with van der Waals surface area (Å²) in [5.41, 5.74) is 0. The monoisotopic (exact) mass is 153 g/mol. The van der Waals surface area contributed by atoms with Gasteiger partial charge in [-0.15, -0.1) is 0 Å². The van der Waals surface area contributed by atoms with Crippen LogP contribution in [0, 0.1) is 12.8 Å². The van der Waals surface area contributed by atoms with Crippen molar-refractivity contribution in [1.29, 1.82) is 0 Å². The van der Waals surface area contributed by atoms with Crippen LogP contribution in [0.3, 0.4) is 0 Å². The largest absolute Gasteiger partial charge is 0.300 e. The Morgan fingerprint density at radius 2 is 1.91 bits per heavy atom. The molecular formula is C10H17O. The van der Waals surface area contributed by atoms with E-state index >= 15 is 0 Å². The molecule has 11 heavy (non-hydrogen) atoms. The Morgan fingerprint density at radius 1 is 1.27 bits per heavy atom. The van der Waals surface area contributed by atoms with E-state index in [0.717, 1.165) is 12.3 Å². The highest BCUT2D eigenvalue weighted by Gasteiger charge is 2.13. The van der Waals surface area contributed by atoms with Crippen LogP contribution in [0.2, 0.25) is 0 Å². The molecule has 1 fully saturated rings. The topological polar surface area (TPSA) is 17.1 Å². The standard InChI is InChI=1S/C10H17O/c1-9(11)7-8-10-5-3-2-4-6-10/h10H,1-8H2. The van der Waals surface area contributed by atoms with Crippen molar-refractivity contribution in [3.63, 3.8) is 0 Å². The van der Waals surface area contributed by atoms with Crippen molar-refractivity contribution in [2.45, 2.75) is 44.9 Å². The lowest BCUT2D eigenvalue weighted by atomic mass is 9.86. The van der Waals surface area contributed by atoms with Gasteiger partial charge in [0.1, 0.15) is 5.78 Å². The van der Waals surface area contributed by atoms with E-state index in [0.29, 0.717) is 6.42 Å². The first kappa shape index (κ1) is 8.76. The van der Waals surface area contributed by atoms with E-state index in [1.54, 1.807) is 0 Å². The third-order valence-electron chi connectivity index (χ3n) is 2.56. The zero-order valence-corrected chi connectivity index (χ0v) is 7.14. The van der Waals surface area contributed by atoms with Gasteiger partial charge >= 0.3 is 0 Å². The van der Waals surface area contributed by atoms with Gasteiger partial charge in [-0.3, -0.25) is 4.79 Å². The minimum atomic E-state index is 0.107. The van der Waals surface area contributed by atoms with Crippen molar-refractivity contribution in [2.75, 3.05) is 0 Å². The maximum Gasteiger partial charge on any atom is 0.133 e. The zero-order valence-electron chi connectivity index (χ0n) is 7.14. The lowest BCUT2D eigenvalue weighted by Gasteiger charge is -2.20. The van der Waals surface area contributed by atoms with Crippen LogP contribution < -0.4 is 0 Å². The van der Waals surface area contributed by atoms with Crippen LogP contribution in [0.15, 0.2) is 0 Å². The molecular weight excluding hydrogens is 136 g/mol. The molecule has 1 rings (SSSR count). The van der Waals surface area contributed by atoms with Gasteiger partial charge in [0.05, 0.1) is 0 Å². The second-order valence-corrected chi connectivity index (χ2v) is 3.58. The predicted molar refractivity (Wildman–Crippen MR) is 46.2 cm³/mol. The molecule has 0 spiro atoms. The molecule has 1 heteroatoms. The zero-order chi connectivity index (χ0) is 8.10. The van der Waals surface area contributed by atoms with Crippen molar-refractivity contribution in [1.82, 2.24) is 0 Å². The average Bonchev–Trinajstić information content (AvgIpc) is 2.03. The molecule has 1 saturated carbocycles. The fourth-order valence-electron chi connectivity index (χ4n) is 1.84. The first-order chi connectivity index (χ1) is 5.29. The summed E-state index contributed by atoms with van der Waals surface area (Å²) < 4.78 is 0. The fraction of sp³-hybridized carbons (Fsp3) is 0.800. The van der Waals surface area contributed by atoms with Gasteiger partial charge in [-0.25, -0.2) is 0 Å². The van der Waals surface area contributed by atoms with Gasteiger partial charge in [0.25, 0.3) is 0 Å². The highest BCUT2D eigenvalue weighted by atomic mass is 16.1. The molecule has 0 saturated heterocycles. The van der Waals surface area contributed by atoms with E-state index in [4.69, 9.17) is 0 Å². The maximum absolute atomic E-state index is 10.6. The molecule has 1 radical (unpaired) electrons. The van der Waals surface area contributed by atoms with Crippen molar-refractivity contribution < 1.29 is 4.79 Å². The van der Waals surface area contributed by atoms with E-state index in [1.807, 2.05) is 0 Å². The summed E-state index contributed by atoms with van der Waals surface area (Å²) in [6, 6.07) is 0. The van der Waals surface area contributed by atoms with Crippen LogP contribution in [0.4, 0.5) is 0 Å². The minimum Gasteiger partial charge on any atom is -0.300 e. The molecule has 0 bridgehead atoms. The van der Waals surface area contributed by atoms with E-state index in [2.05, 4.69) is 6.92 Å². The number of hydrogen-bond acceptors (Lipinski definition) is 1. The summed E-state index contributed by atoms with van der Waals surface area (Å²) in [4.78, 5) is 10.6. The first-order valence-electron chi connectivity index (χ1n) is 4.64. The van der Waals surface area contributed by atoms with Crippen molar-refractivity contribution in [2.24, 2.45) is 5.92 Å². The third kappa shape index (κ3) is 3.54. The highest BCUT2D eigenvalue weighted by molar-refractivity contribution is 5.82. The summed E-state index contributed by atoms with van der Waals surface area (Å²) in [6.07, 6.45) is 8.61. The number of rotatable bonds is 3. The molecule has 0 aromatic rings. The van der Waals surface area contributed by atoms with Crippen LogP contribution in [-0.2, 0) is 4.79 Å². The van der Waals surface area contributed by atoms with Gasteiger partial charge < -0.3 is 0 Å². The van der Waals surface area contributed by atoms with Gasteiger partial charge in [-0.1, -0.05) is 32.1 Å². The second-order valence-electron chi connectivity index (χ2n) is 3.58. The molecule has 0 aromatic heterocycles. The van der Waals surface area contributed by atoms with Crippen LogP contribution in [-0.4, -0.2) is 5.78 Å². The maximum atomic E-state index is 10.6. The summed E-state index contributed by atoms with van der Waals surface area (Å²) in [7, 11) is 0. The Bertz CT molecular complexity index is 123. The number of Topliss-reactive ketones (excluding diaryl/α,β-unsaturated/α-hetero) is 1. The van der Waals surface area contributed by atoms with Crippen LogP contribution in [0.1, 0.15) is 44.9 Å². The van der Waals surface area contributed by atoms with Crippen molar-refractivity contribution in [3.8, 4) is 0 Å². The first-order valence-corrected chi connectivity index (χ1v) is 4.64. The van der Waals surface area contributed by atoms with Crippen LogP contribution in [0.25, 0.3) is 0 Å². The number of hydrogen-bond donors (Lipinski definition) is 0. The summed E-state index contributed by atoms with van der Waals surface area (Å²) in [6.45, 7) is 3.38. The third-order valence-corrected chi connectivity index (χ3v) is 2.56. The highest BCUT2D eigenvalue weighted by Crippen LogP contribution is 2.27. The molecule has 0 amide bonds. The Morgan fingerprint density at radius 3 is 2.45 bits per heavy atom. The van der Waals surface area contributed by atoms with Gasteiger partial charge in [-0.2, -0.15) is 0 Å². The van der Waals surface area contributed by atoms with Gasteiger partial charge in [0.15, 0.2) is 0 Å². The normalized spacial score (nSPS) is 20.1. The minimum absolute atomic E-state index is 0.107. The van der Waals surface area contributed by atoms with E-state index in [1.165, 1.54) is 32.1 Å². The Kier molecular flexibility index (Phi) is 3.61. The fourth-order valence-corrected chi connectivity index (χ4v) is 1.84. The molecule has 1 aliphatic carbocycles. The van der Waals surface area contributed by atoms with Crippen molar-refractivity contribution in [3.05, 3.63) is 6.92 Å². The SMILES string of the molecule is [CH2]C(=O)CCC1CCCCC1. The molecule has 0 N–H and O–H groups in total. The van der Waals surface area contributed by atoms with Crippen LogP contribution >= 0.6 is 0 Å². The predicted octanol–water partition coefficient (Wildman–Crippen LogP) is 2.75. The van der Waals surface area contributed by atoms with Crippen molar-refractivity contribution >= 4 is 5.78 Å². The molecule has 1 nitrogen and oxygen atoms in total. The lowest BCUT2D eigenvalue weighted by Crippen LogP contribution is -2.07. The molecule has 0 heterocycles. The molecule has 0 aliphatic heterocycles. The molecule has 0 aromatic carbocycles. The molecule has 0 unspecified atom stereocenters. The van der Waals surface area contributed by atoms with E-state index in [-0.39, 0.29) is 5.78 Å². The quantitative estimate of drug-likeness (QED) is 0.609. The second kappa shape index (κ2) is 4.53. The summed E-state index contributed by atoms with van der Waals surface area (Å²) in [5, 5.41) is 0.